The molecule has 0 amide bonds. The van der Waals surface area contributed by atoms with E-state index in [4.69, 9.17) is 16.3 Å². The summed E-state index contributed by atoms with van der Waals surface area (Å²) in [6, 6.07) is 6.74. The average molecular weight is 318 g/mol. The van der Waals surface area contributed by atoms with E-state index in [-0.39, 0.29) is 30.6 Å². The highest BCUT2D eigenvalue weighted by atomic mass is 35.5. The van der Waals surface area contributed by atoms with Gasteiger partial charge in [-0.05, 0) is 6.07 Å². The molecule has 1 N–H and O–H groups in total. The van der Waals surface area contributed by atoms with E-state index in [1.54, 1.807) is 18.2 Å². The Hall–Kier alpha value is -1.11. The second-order valence-corrected chi connectivity index (χ2v) is 7.36. The summed E-state index contributed by atoms with van der Waals surface area (Å²) in [7, 11) is -3.04. The fraction of sp³-hybridized carbons (Fsp3) is 0.462. The minimum absolute atomic E-state index is 0.0196. The minimum atomic E-state index is -3.04. The minimum Gasteiger partial charge on any atom is -0.461 e. The van der Waals surface area contributed by atoms with Gasteiger partial charge in [0.05, 0.1) is 17.9 Å². The first-order chi connectivity index (χ1) is 9.46. The van der Waals surface area contributed by atoms with Crippen molar-refractivity contribution < 1.29 is 17.9 Å². The average Bonchev–Trinajstić information content (AvgIpc) is 2.36. The molecule has 1 unspecified atom stereocenters. The SMILES string of the molecule is O=C(CC1CS(=O)(=O)CCN1)OCc1ccccc1Cl. The van der Waals surface area contributed by atoms with Crippen molar-refractivity contribution in [2.75, 3.05) is 18.1 Å². The lowest BCUT2D eigenvalue weighted by Gasteiger charge is -2.22. The number of esters is 1. The van der Waals surface area contributed by atoms with Crippen molar-refractivity contribution in [2.24, 2.45) is 0 Å². The number of benzene rings is 1. The van der Waals surface area contributed by atoms with Gasteiger partial charge in [0, 0.05) is 23.2 Å². The molecule has 1 atom stereocenters. The Balaban J connectivity index is 1.83. The zero-order valence-electron chi connectivity index (χ0n) is 10.8. The number of carbonyl (C=O) groups excluding carboxylic acids is 1. The smallest absolute Gasteiger partial charge is 0.307 e. The van der Waals surface area contributed by atoms with Crippen molar-refractivity contribution in [1.82, 2.24) is 5.32 Å². The summed E-state index contributed by atoms with van der Waals surface area (Å²) in [5.41, 5.74) is 0.728. The van der Waals surface area contributed by atoms with E-state index in [9.17, 15) is 13.2 Å². The van der Waals surface area contributed by atoms with E-state index in [1.165, 1.54) is 0 Å². The van der Waals surface area contributed by atoms with Crippen LogP contribution < -0.4 is 5.32 Å². The van der Waals surface area contributed by atoms with Gasteiger partial charge >= 0.3 is 5.97 Å². The molecule has 5 nitrogen and oxygen atoms in total. The molecule has 20 heavy (non-hydrogen) atoms. The van der Waals surface area contributed by atoms with Gasteiger partial charge in [-0.1, -0.05) is 29.8 Å². The number of hydrogen-bond donors (Lipinski definition) is 1. The monoisotopic (exact) mass is 317 g/mol. The molecule has 1 heterocycles. The number of halogens is 1. The van der Waals surface area contributed by atoms with Crippen molar-refractivity contribution >= 4 is 27.4 Å². The van der Waals surface area contributed by atoms with Crippen molar-refractivity contribution in [1.29, 1.82) is 0 Å². The summed E-state index contributed by atoms with van der Waals surface area (Å²) in [6.07, 6.45) is 0.0453. The van der Waals surface area contributed by atoms with E-state index in [1.807, 2.05) is 6.07 Å². The van der Waals surface area contributed by atoms with Crippen molar-refractivity contribution in [2.45, 2.75) is 19.1 Å². The van der Waals surface area contributed by atoms with E-state index < -0.39 is 15.8 Å². The molecule has 1 saturated heterocycles. The van der Waals surface area contributed by atoms with Crippen LogP contribution in [0, 0.1) is 0 Å². The predicted molar refractivity (Wildman–Crippen MR) is 76.3 cm³/mol. The Morgan fingerprint density at radius 3 is 2.85 bits per heavy atom. The summed E-state index contributed by atoms with van der Waals surface area (Å²) >= 11 is 5.95. The molecule has 110 valence electrons. The van der Waals surface area contributed by atoms with Crippen LogP contribution in [0.4, 0.5) is 0 Å². The molecule has 1 aromatic carbocycles. The second kappa shape index (κ2) is 6.56. The summed E-state index contributed by atoms with van der Waals surface area (Å²) in [5.74, 6) is -0.327. The van der Waals surface area contributed by atoms with Gasteiger partial charge in [-0.2, -0.15) is 0 Å². The number of hydrogen-bond acceptors (Lipinski definition) is 5. The molecule has 1 aliphatic rings. The third-order valence-corrected chi connectivity index (χ3v) is 5.17. The van der Waals surface area contributed by atoms with Crippen LogP contribution in [0.15, 0.2) is 24.3 Å². The third kappa shape index (κ3) is 4.47. The fourth-order valence-corrected chi connectivity index (χ4v) is 3.67. The van der Waals surface area contributed by atoms with Crippen LogP contribution in [-0.4, -0.2) is 38.5 Å². The molecular weight excluding hydrogens is 302 g/mol. The quantitative estimate of drug-likeness (QED) is 0.844. The molecule has 7 heteroatoms. The molecule has 0 radical (unpaired) electrons. The molecule has 0 aliphatic carbocycles. The molecule has 1 aliphatic heterocycles. The maximum Gasteiger partial charge on any atom is 0.307 e. The standard InChI is InChI=1S/C13H16ClNO4S/c14-12-4-2-1-3-10(12)8-19-13(16)7-11-9-20(17,18)6-5-15-11/h1-4,11,15H,5-9H2. The lowest BCUT2D eigenvalue weighted by atomic mass is 10.2. The van der Waals surface area contributed by atoms with Crippen LogP contribution in [-0.2, 0) is 26.0 Å². The van der Waals surface area contributed by atoms with Gasteiger partial charge in [-0.3, -0.25) is 4.79 Å². The van der Waals surface area contributed by atoms with Crippen molar-refractivity contribution in [3.8, 4) is 0 Å². The zero-order valence-corrected chi connectivity index (χ0v) is 12.4. The molecule has 0 saturated carbocycles. The highest BCUT2D eigenvalue weighted by Crippen LogP contribution is 2.16. The van der Waals surface area contributed by atoms with E-state index in [0.717, 1.165) is 5.56 Å². The molecule has 0 aromatic heterocycles. The molecule has 0 spiro atoms. The van der Waals surface area contributed by atoms with Gasteiger partial charge in [0.2, 0.25) is 0 Å². The Labute approximate surface area is 123 Å². The Bertz CT molecular complexity index is 588. The van der Waals surface area contributed by atoms with Crippen molar-refractivity contribution in [3.05, 3.63) is 34.9 Å². The normalized spacial score (nSPS) is 21.4. The lowest BCUT2D eigenvalue weighted by molar-refractivity contribution is -0.145. The van der Waals surface area contributed by atoms with Crippen molar-refractivity contribution in [3.63, 3.8) is 0 Å². The highest BCUT2D eigenvalue weighted by Gasteiger charge is 2.26. The van der Waals surface area contributed by atoms with Crippen LogP contribution in [0.25, 0.3) is 0 Å². The number of sulfone groups is 1. The van der Waals surface area contributed by atoms with E-state index >= 15 is 0 Å². The number of nitrogens with one attached hydrogen (secondary N) is 1. The molecular formula is C13H16ClNO4S. The first kappa shape index (κ1) is 15.3. The van der Waals surface area contributed by atoms with Gasteiger partial charge < -0.3 is 10.1 Å². The van der Waals surface area contributed by atoms with Gasteiger partial charge in [0.25, 0.3) is 0 Å². The fourth-order valence-electron chi connectivity index (χ4n) is 2.03. The molecule has 2 rings (SSSR count). The Kier molecular flexibility index (Phi) is 5.01. The van der Waals surface area contributed by atoms with Crippen LogP contribution in [0.5, 0.6) is 0 Å². The first-order valence-corrected chi connectivity index (χ1v) is 8.49. The number of rotatable bonds is 4. The Morgan fingerprint density at radius 2 is 2.15 bits per heavy atom. The zero-order chi connectivity index (χ0) is 14.6. The summed E-state index contributed by atoms with van der Waals surface area (Å²) in [4.78, 5) is 11.7. The third-order valence-electron chi connectivity index (χ3n) is 3.06. The van der Waals surface area contributed by atoms with E-state index in [0.29, 0.717) is 11.6 Å². The summed E-state index contributed by atoms with van der Waals surface area (Å²) in [5, 5.41) is 3.55. The topological polar surface area (TPSA) is 72.5 Å². The van der Waals surface area contributed by atoms with Crippen LogP contribution in [0.1, 0.15) is 12.0 Å². The molecule has 1 aromatic rings. The molecule has 0 bridgehead atoms. The lowest BCUT2D eigenvalue weighted by Crippen LogP contribution is -2.46. The number of ether oxygens (including phenoxy) is 1. The van der Waals surface area contributed by atoms with Gasteiger partial charge in [-0.25, -0.2) is 8.42 Å². The van der Waals surface area contributed by atoms with Gasteiger partial charge in [-0.15, -0.1) is 0 Å². The van der Waals surface area contributed by atoms with E-state index in [2.05, 4.69) is 5.32 Å². The highest BCUT2D eigenvalue weighted by molar-refractivity contribution is 7.91. The number of carbonyl (C=O) groups is 1. The summed E-state index contributed by atoms with van der Waals surface area (Å²) in [6.45, 7) is 0.475. The van der Waals surface area contributed by atoms with Crippen LogP contribution in [0.2, 0.25) is 5.02 Å². The van der Waals surface area contributed by atoms with Crippen LogP contribution >= 0.6 is 11.6 Å². The maximum atomic E-state index is 11.7. The summed E-state index contributed by atoms with van der Waals surface area (Å²) < 4.78 is 28.0. The Morgan fingerprint density at radius 1 is 1.40 bits per heavy atom. The van der Waals surface area contributed by atoms with Gasteiger partial charge in [0.1, 0.15) is 6.61 Å². The second-order valence-electron chi connectivity index (χ2n) is 4.72. The predicted octanol–water partition coefficient (Wildman–Crippen LogP) is 1.16. The maximum absolute atomic E-state index is 11.7. The largest absolute Gasteiger partial charge is 0.461 e. The first-order valence-electron chi connectivity index (χ1n) is 6.29. The van der Waals surface area contributed by atoms with Crippen LogP contribution in [0.3, 0.4) is 0 Å². The molecule has 1 fully saturated rings. The van der Waals surface area contributed by atoms with Gasteiger partial charge in [0.15, 0.2) is 9.84 Å².